The molecule has 3 heteroatoms. The van der Waals surface area contributed by atoms with Crippen molar-refractivity contribution in [1.82, 2.24) is 0 Å². The van der Waals surface area contributed by atoms with Gasteiger partial charge in [0.1, 0.15) is 0 Å². The van der Waals surface area contributed by atoms with Gasteiger partial charge in [-0.2, -0.15) is 0 Å². The second-order valence-electron chi connectivity index (χ2n) is 9.44. The van der Waals surface area contributed by atoms with Crippen LogP contribution >= 0.6 is 8.38 Å². The van der Waals surface area contributed by atoms with Crippen LogP contribution in [0.4, 0.5) is 0 Å². The van der Waals surface area contributed by atoms with E-state index in [0.29, 0.717) is 0 Å². The van der Waals surface area contributed by atoms with E-state index < -0.39 is 8.38 Å². The molecule has 0 aromatic heterocycles. The molecule has 0 aliphatic carbocycles. The van der Waals surface area contributed by atoms with E-state index >= 15 is 0 Å². The maximum Gasteiger partial charge on any atom is 0.170 e. The summed E-state index contributed by atoms with van der Waals surface area (Å²) in [5.41, 5.74) is 0. The van der Waals surface area contributed by atoms with E-state index in [1.165, 1.54) is 141 Å². The van der Waals surface area contributed by atoms with Gasteiger partial charge < -0.3 is 9.05 Å². The third-order valence-corrected chi connectivity index (χ3v) is 7.78. The lowest BCUT2D eigenvalue weighted by molar-refractivity contribution is 0.239. The molecule has 0 radical (unpaired) electrons. The summed E-state index contributed by atoms with van der Waals surface area (Å²) in [6.07, 6.45) is 31.1. The van der Waals surface area contributed by atoms with Gasteiger partial charge in [0, 0.05) is 6.16 Å². The molecule has 0 saturated heterocycles. The SMILES string of the molecule is CCCCCCCCCCCCP(OCCCCCCCC)OCCCCCCCC. The molecule has 0 aliphatic rings. The van der Waals surface area contributed by atoms with Gasteiger partial charge in [-0.1, -0.05) is 143 Å². The van der Waals surface area contributed by atoms with Gasteiger partial charge in [0.15, 0.2) is 8.38 Å². The zero-order valence-electron chi connectivity index (χ0n) is 21.9. The Hall–Kier alpha value is 0.350. The van der Waals surface area contributed by atoms with Crippen LogP contribution in [0.3, 0.4) is 0 Å². The van der Waals surface area contributed by atoms with E-state index in [-0.39, 0.29) is 0 Å². The average molecular weight is 459 g/mol. The molecule has 0 aromatic carbocycles. The standard InChI is InChI=1S/C28H59O2P/c1-4-7-10-13-16-17-18-19-22-25-28-31(29-26-23-20-14-11-8-5-2)30-27-24-21-15-12-9-6-3/h4-28H2,1-3H3. The van der Waals surface area contributed by atoms with Crippen LogP contribution in [0.5, 0.6) is 0 Å². The quantitative estimate of drug-likeness (QED) is 0.0899. The molecule has 0 N–H and O–H groups in total. The highest BCUT2D eigenvalue weighted by atomic mass is 31.2. The third kappa shape index (κ3) is 26.5. The molecular formula is C28H59O2P. The predicted molar refractivity (Wildman–Crippen MR) is 142 cm³/mol. The molecule has 0 aromatic rings. The Morgan fingerprint density at radius 3 is 1.00 bits per heavy atom. The Balaban J connectivity index is 3.79. The van der Waals surface area contributed by atoms with Gasteiger partial charge in [-0.25, -0.2) is 0 Å². The molecule has 0 rings (SSSR count). The first-order chi connectivity index (χ1) is 15.3. The van der Waals surface area contributed by atoms with Crippen LogP contribution in [-0.4, -0.2) is 19.4 Å². The Morgan fingerprint density at radius 2 is 0.645 bits per heavy atom. The molecule has 0 spiro atoms. The van der Waals surface area contributed by atoms with E-state index in [1.54, 1.807) is 0 Å². The normalized spacial score (nSPS) is 11.6. The van der Waals surface area contributed by atoms with Crippen molar-refractivity contribution in [2.24, 2.45) is 0 Å². The molecule has 0 heterocycles. The first-order valence-electron chi connectivity index (χ1n) is 14.4. The Kier molecular flexibility index (Phi) is 28.7. The van der Waals surface area contributed by atoms with Gasteiger partial charge in [-0.15, -0.1) is 0 Å². The molecule has 0 amide bonds. The van der Waals surface area contributed by atoms with Crippen LogP contribution in [-0.2, 0) is 9.05 Å². The lowest BCUT2D eigenvalue weighted by Gasteiger charge is -2.18. The largest absolute Gasteiger partial charge is 0.334 e. The van der Waals surface area contributed by atoms with Crippen LogP contribution in [0.25, 0.3) is 0 Å². The highest BCUT2D eigenvalue weighted by Crippen LogP contribution is 2.40. The maximum atomic E-state index is 6.22. The molecule has 0 aliphatic heterocycles. The highest BCUT2D eigenvalue weighted by Gasteiger charge is 2.10. The Labute approximate surface area is 198 Å². The van der Waals surface area contributed by atoms with E-state index in [0.717, 1.165) is 19.4 Å². The zero-order valence-corrected chi connectivity index (χ0v) is 22.8. The summed E-state index contributed by atoms with van der Waals surface area (Å²) in [7, 11) is -0.650. The summed E-state index contributed by atoms with van der Waals surface area (Å²) >= 11 is 0. The van der Waals surface area contributed by atoms with Crippen LogP contribution in [0.1, 0.15) is 162 Å². The molecule has 2 nitrogen and oxygen atoms in total. The third-order valence-electron chi connectivity index (χ3n) is 6.16. The first-order valence-corrected chi connectivity index (χ1v) is 15.7. The Morgan fingerprint density at radius 1 is 0.355 bits per heavy atom. The number of unbranched alkanes of at least 4 members (excludes halogenated alkanes) is 19. The topological polar surface area (TPSA) is 18.5 Å². The van der Waals surface area contributed by atoms with E-state index in [2.05, 4.69) is 20.8 Å². The van der Waals surface area contributed by atoms with Gasteiger partial charge in [0.05, 0.1) is 13.2 Å². The minimum absolute atomic E-state index is 0.650. The number of hydrogen-bond acceptors (Lipinski definition) is 2. The smallest absolute Gasteiger partial charge is 0.170 e. The maximum absolute atomic E-state index is 6.22. The summed E-state index contributed by atoms with van der Waals surface area (Å²) in [5.74, 6) is 0. The van der Waals surface area contributed by atoms with Crippen molar-refractivity contribution in [1.29, 1.82) is 0 Å². The van der Waals surface area contributed by atoms with E-state index in [1.807, 2.05) is 0 Å². The van der Waals surface area contributed by atoms with Crippen molar-refractivity contribution in [3.63, 3.8) is 0 Å². The predicted octanol–water partition coefficient (Wildman–Crippen LogP) is 11.0. The lowest BCUT2D eigenvalue weighted by Crippen LogP contribution is -2.00. The second-order valence-corrected chi connectivity index (χ2v) is 11.1. The van der Waals surface area contributed by atoms with Gasteiger partial charge in [-0.3, -0.25) is 0 Å². The van der Waals surface area contributed by atoms with Crippen molar-refractivity contribution in [3.05, 3.63) is 0 Å². The van der Waals surface area contributed by atoms with Gasteiger partial charge in [-0.05, 0) is 19.3 Å². The minimum atomic E-state index is -0.650. The molecule has 31 heavy (non-hydrogen) atoms. The summed E-state index contributed by atoms with van der Waals surface area (Å²) in [5, 5.41) is 0. The lowest BCUT2D eigenvalue weighted by atomic mass is 10.1. The monoisotopic (exact) mass is 458 g/mol. The fourth-order valence-electron chi connectivity index (χ4n) is 3.99. The van der Waals surface area contributed by atoms with Crippen LogP contribution in [0.15, 0.2) is 0 Å². The summed E-state index contributed by atoms with van der Waals surface area (Å²) in [6.45, 7) is 8.68. The summed E-state index contributed by atoms with van der Waals surface area (Å²) < 4.78 is 12.4. The van der Waals surface area contributed by atoms with E-state index in [9.17, 15) is 0 Å². The number of hydrogen-bond donors (Lipinski definition) is 0. The zero-order chi connectivity index (χ0) is 22.7. The van der Waals surface area contributed by atoms with Crippen molar-refractivity contribution < 1.29 is 9.05 Å². The van der Waals surface area contributed by atoms with Crippen molar-refractivity contribution in [2.45, 2.75) is 162 Å². The second kappa shape index (κ2) is 28.4. The fraction of sp³-hybridized carbons (Fsp3) is 1.00. The van der Waals surface area contributed by atoms with Gasteiger partial charge in [0.25, 0.3) is 0 Å². The van der Waals surface area contributed by atoms with Crippen molar-refractivity contribution >= 4 is 8.38 Å². The molecule has 0 bridgehead atoms. The summed E-state index contributed by atoms with van der Waals surface area (Å²) in [6, 6.07) is 0. The molecular weight excluding hydrogens is 399 g/mol. The molecule has 188 valence electrons. The van der Waals surface area contributed by atoms with Crippen molar-refractivity contribution in [3.8, 4) is 0 Å². The highest BCUT2D eigenvalue weighted by molar-refractivity contribution is 7.47. The van der Waals surface area contributed by atoms with Crippen molar-refractivity contribution in [2.75, 3.05) is 19.4 Å². The fourth-order valence-corrected chi connectivity index (χ4v) is 5.47. The average Bonchev–Trinajstić information content (AvgIpc) is 2.78. The van der Waals surface area contributed by atoms with Gasteiger partial charge in [0.2, 0.25) is 0 Å². The Bertz CT molecular complexity index is 293. The molecule has 0 atom stereocenters. The molecule has 0 unspecified atom stereocenters. The van der Waals surface area contributed by atoms with Crippen LogP contribution < -0.4 is 0 Å². The molecule has 0 saturated carbocycles. The van der Waals surface area contributed by atoms with Crippen LogP contribution in [0, 0.1) is 0 Å². The van der Waals surface area contributed by atoms with E-state index in [4.69, 9.17) is 9.05 Å². The summed E-state index contributed by atoms with van der Waals surface area (Å²) in [4.78, 5) is 0. The number of rotatable bonds is 27. The molecule has 0 fully saturated rings. The first kappa shape index (κ1) is 31.4. The van der Waals surface area contributed by atoms with Gasteiger partial charge >= 0.3 is 0 Å². The minimum Gasteiger partial charge on any atom is -0.334 e. The van der Waals surface area contributed by atoms with Crippen LogP contribution in [0.2, 0.25) is 0 Å².